The van der Waals surface area contributed by atoms with Crippen LogP contribution in [0.4, 0.5) is 0 Å². The van der Waals surface area contributed by atoms with Crippen LogP contribution in [0.2, 0.25) is 0 Å². The summed E-state index contributed by atoms with van der Waals surface area (Å²) in [6, 6.07) is 1.17. The van der Waals surface area contributed by atoms with Crippen LogP contribution in [0, 0.1) is 5.92 Å². The maximum absolute atomic E-state index is 12.9. The Balaban J connectivity index is 1.45. The molecule has 0 bridgehead atoms. The molecule has 3 saturated heterocycles. The van der Waals surface area contributed by atoms with E-state index in [0.717, 1.165) is 4.57 Å². The molecule has 6 atom stereocenters. The van der Waals surface area contributed by atoms with E-state index in [0.29, 0.717) is 19.4 Å². The standard InChI is InChI=1S/C16H22N3O9P/c1-16(17)12-10(27-14(16)19-5-2-11(20)18-15(19)22)8-26-29(23,28-12)25-7-4-9-3-6-24-13(9)21/h2,5,9-10,12,14H,3-4,6-8,17H2,1H3,(H,18,20,22)/t9?,10-,12-,14-,16-,29+/m1/s1. The quantitative estimate of drug-likeness (QED) is 0.465. The Labute approximate surface area is 164 Å². The van der Waals surface area contributed by atoms with Crippen molar-refractivity contribution in [3.63, 3.8) is 0 Å². The minimum absolute atomic E-state index is 0.0145. The average molecular weight is 431 g/mol. The van der Waals surface area contributed by atoms with Gasteiger partial charge in [0.05, 0.1) is 31.3 Å². The van der Waals surface area contributed by atoms with Gasteiger partial charge in [-0.3, -0.25) is 32.7 Å². The van der Waals surface area contributed by atoms with Crippen LogP contribution >= 0.6 is 7.82 Å². The van der Waals surface area contributed by atoms with Gasteiger partial charge in [0.2, 0.25) is 0 Å². The van der Waals surface area contributed by atoms with Gasteiger partial charge in [-0.15, -0.1) is 0 Å². The Morgan fingerprint density at radius 1 is 1.41 bits per heavy atom. The van der Waals surface area contributed by atoms with Gasteiger partial charge in [-0.05, 0) is 19.8 Å². The number of phosphoric ester groups is 1. The normalized spacial score (nSPS) is 39.3. The highest BCUT2D eigenvalue weighted by Gasteiger charge is 2.59. The van der Waals surface area contributed by atoms with Gasteiger partial charge in [0.15, 0.2) is 6.23 Å². The molecule has 0 aliphatic carbocycles. The Kier molecular flexibility index (Phi) is 5.26. The highest BCUT2D eigenvalue weighted by atomic mass is 31.2. The van der Waals surface area contributed by atoms with Gasteiger partial charge in [-0.1, -0.05) is 0 Å². The number of hydrogen-bond donors (Lipinski definition) is 2. The highest BCUT2D eigenvalue weighted by molar-refractivity contribution is 7.48. The van der Waals surface area contributed by atoms with Crippen LogP contribution in [-0.4, -0.2) is 53.1 Å². The van der Waals surface area contributed by atoms with Crippen LogP contribution in [0.5, 0.6) is 0 Å². The maximum atomic E-state index is 12.9. The van der Waals surface area contributed by atoms with Gasteiger partial charge in [-0.25, -0.2) is 9.36 Å². The first kappa shape index (κ1) is 20.5. The molecule has 12 nitrogen and oxygen atoms in total. The predicted octanol–water partition coefficient (Wildman–Crippen LogP) is -0.355. The summed E-state index contributed by atoms with van der Waals surface area (Å²) >= 11 is 0. The van der Waals surface area contributed by atoms with Crippen molar-refractivity contribution in [1.29, 1.82) is 0 Å². The molecule has 0 aromatic carbocycles. The number of rotatable bonds is 5. The number of carbonyl (C=O) groups is 1. The van der Waals surface area contributed by atoms with Crippen LogP contribution in [0.25, 0.3) is 0 Å². The van der Waals surface area contributed by atoms with E-state index < -0.39 is 43.0 Å². The molecule has 160 valence electrons. The monoisotopic (exact) mass is 431 g/mol. The van der Waals surface area contributed by atoms with Crippen molar-refractivity contribution in [3.8, 4) is 0 Å². The van der Waals surface area contributed by atoms with Crippen LogP contribution < -0.4 is 17.0 Å². The van der Waals surface area contributed by atoms with Crippen LogP contribution in [0.15, 0.2) is 21.9 Å². The molecule has 0 radical (unpaired) electrons. The van der Waals surface area contributed by atoms with Crippen molar-refractivity contribution in [1.82, 2.24) is 9.55 Å². The minimum atomic E-state index is -3.93. The summed E-state index contributed by atoms with van der Waals surface area (Å²) in [4.78, 5) is 37.1. The topological polar surface area (TPSA) is 161 Å². The fourth-order valence-electron chi connectivity index (χ4n) is 3.72. The number of nitrogens with two attached hydrogens (primary N) is 1. The lowest BCUT2D eigenvalue weighted by molar-refractivity contribution is -0.141. The lowest BCUT2D eigenvalue weighted by Crippen LogP contribution is -2.55. The van der Waals surface area contributed by atoms with Gasteiger partial charge < -0.3 is 15.2 Å². The van der Waals surface area contributed by atoms with Crippen LogP contribution in [0.3, 0.4) is 0 Å². The number of esters is 1. The fourth-order valence-corrected chi connectivity index (χ4v) is 5.21. The van der Waals surface area contributed by atoms with E-state index >= 15 is 0 Å². The number of H-pyrrole nitrogens is 1. The van der Waals surface area contributed by atoms with E-state index in [2.05, 4.69) is 4.98 Å². The largest absolute Gasteiger partial charge is 0.475 e. The summed E-state index contributed by atoms with van der Waals surface area (Å²) in [5.74, 6) is -0.601. The summed E-state index contributed by atoms with van der Waals surface area (Å²) in [7, 11) is -3.93. The number of aromatic amines is 1. The number of cyclic esters (lactones) is 1. The summed E-state index contributed by atoms with van der Waals surface area (Å²) in [5.41, 5.74) is 3.87. The highest BCUT2D eigenvalue weighted by Crippen LogP contribution is 2.58. The maximum Gasteiger partial charge on any atom is 0.475 e. The van der Waals surface area contributed by atoms with E-state index in [4.69, 9.17) is 28.8 Å². The van der Waals surface area contributed by atoms with Crippen molar-refractivity contribution in [2.75, 3.05) is 19.8 Å². The Morgan fingerprint density at radius 3 is 2.90 bits per heavy atom. The summed E-state index contributed by atoms with van der Waals surface area (Å²) in [6.45, 7) is 1.82. The van der Waals surface area contributed by atoms with E-state index in [9.17, 15) is 18.9 Å². The molecule has 3 aliphatic rings. The molecule has 29 heavy (non-hydrogen) atoms. The zero-order valence-electron chi connectivity index (χ0n) is 15.6. The SMILES string of the molecule is C[C@@]1(N)[C@@H]2O[P@@](=O)(OCCC3CCOC3=O)OC[C@H]2O[C@H]1n1ccc(=O)[nH]c1=O. The van der Waals surface area contributed by atoms with Crippen molar-refractivity contribution >= 4 is 13.8 Å². The molecule has 4 rings (SSSR count). The first-order valence-electron chi connectivity index (χ1n) is 9.19. The number of nitrogens with one attached hydrogen (secondary N) is 1. The second-order valence-electron chi connectivity index (χ2n) is 7.45. The Bertz CT molecular complexity index is 957. The number of phosphoric acid groups is 1. The molecule has 4 heterocycles. The fraction of sp³-hybridized carbons (Fsp3) is 0.688. The van der Waals surface area contributed by atoms with Gasteiger partial charge in [0.25, 0.3) is 5.56 Å². The Hall–Kier alpha value is -1.82. The number of hydrogen-bond acceptors (Lipinski definition) is 10. The first-order valence-corrected chi connectivity index (χ1v) is 10.7. The molecule has 0 spiro atoms. The molecule has 0 amide bonds. The molecule has 0 saturated carbocycles. The third kappa shape index (κ3) is 3.83. The van der Waals surface area contributed by atoms with Gasteiger partial charge in [0.1, 0.15) is 12.2 Å². The molecule has 1 unspecified atom stereocenters. The van der Waals surface area contributed by atoms with Gasteiger partial charge in [0, 0.05) is 12.3 Å². The summed E-state index contributed by atoms with van der Waals surface area (Å²) in [6.07, 6.45) is -0.373. The molecular formula is C16H22N3O9P. The molecule has 3 fully saturated rings. The molecular weight excluding hydrogens is 409 g/mol. The smallest absolute Gasteiger partial charge is 0.465 e. The molecule has 1 aromatic heterocycles. The van der Waals surface area contributed by atoms with Gasteiger partial charge >= 0.3 is 19.5 Å². The lowest BCUT2D eigenvalue weighted by Gasteiger charge is -2.35. The van der Waals surface area contributed by atoms with E-state index in [1.807, 2.05) is 0 Å². The summed E-state index contributed by atoms with van der Waals surface area (Å²) < 4.78 is 40.9. The number of ether oxygens (including phenoxy) is 2. The molecule has 3 aliphatic heterocycles. The first-order chi connectivity index (χ1) is 13.7. The van der Waals surface area contributed by atoms with Crippen molar-refractivity contribution < 1.29 is 32.4 Å². The third-order valence-electron chi connectivity index (χ3n) is 5.29. The number of fused-ring (bicyclic) bond motifs is 1. The van der Waals surface area contributed by atoms with E-state index in [1.54, 1.807) is 6.92 Å². The second kappa shape index (κ2) is 7.46. The van der Waals surface area contributed by atoms with Crippen molar-refractivity contribution in [2.24, 2.45) is 11.7 Å². The lowest BCUT2D eigenvalue weighted by atomic mass is 9.93. The third-order valence-corrected chi connectivity index (χ3v) is 6.74. The number of aromatic nitrogens is 2. The van der Waals surface area contributed by atoms with E-state index in [1.165, 1.54) is 12.3 Å². The van der Waals surface area contributed by atoms with Crippen LogP contribution in [-0.2, 0) is 32.4 Å². The van der Waals surface area contributed by atoms with E-state index in [-0.39, 0.29) is 25.1 Å². The predicted molar refractivity (Wildman–Crippen MR) is 95.9 cm³/mol. The minimum Gasteiger partial charge on any atom is -0.465 e. The molecule has 1 aromatic rings. The second-order valence-corrected chi connectivity index (χ2v) is 9.08. The number of carbonyl (C=O) groups excluding carboxylic acids is 1. The zero-order chi connectivity index (χ0) is 20.8. The zero-order valence-corrected chi connectivity index (χ0v) is 16.5. The summed E-state index contributed by atoms with van der Waals surface area (Å²) in [5, 5.41) is 0. The molecule has 13 heteroatoms. The van der Waals surface area contributed by atoms with Crippen molar-refractivity contribution in [2.45, 2.75) is 43.7 Å². The average Bonchev–Trinajstić information content (AvgIpc) is 3.16. The van der Waals surface area contributed by atoms with Crippen LogP contribution in [0.1, 0.15) is 26.0 Å². The van der Waals surface area contributed by atoms with Crippen molar-refractivity contribution in [3.05, 3.63) is 33.1 Å². The van der Waals surface area contributed by atoms with Gasteiger partial charge in [-0.2, -0.15) is 0 Å². The number of nitrogens with zero attached hydrogens (tertiary/aromatic N) is 1. The molecule has 3 N–H and O–H groups in total. The Morgan fingerprint density at radius 2 is 2.21 bits per heavy atom.